The van der Waals surface area contributed by atoms with E-state index in [9.17, 15) is 9.59 Å². The van der Waals surface area contributed by atoms with Crippen LogP contribution in [-0.4, -0.2) is 34.8 Å². The molecule has 0 atom stereocenters. The Labute approximate surface area is 92.7 Å². The maximum atomic E-state index is 11.5. The molecule has 0 aliphatic carbocycles. The Morgan fingerprint density at radius 1 is 1.38 bits per heavy atom. The van der Waals surface area contributed by atoms with Crippen molar-refractivity contribution in [2.75, 3.05) is 24.5 Å². The number of aromatic nitrogens is 3. The summed E-state index contributed by atoms with van der Waals surface area (Å²) in [6, 6.07) is 0. The third kappa shape index (κ3) is 3.20. The summed E-state index contributed by atoms with van der Waals surface area (Å²) >= 11 is 0. The average molecular weight is 227 g/mol. The third-order valence-corrected chi connectivity index (χ3v) is 2.17. The fourth-order valence-corrected chi connectivity index (χ4v) is 1.38. The Morgan fingerprint density at radius 3 is 2.69 bits per heavy atom. The number of nitrogens with one attached hydrogen (secondary N) is 2. The highest BCUT2D eigenvalue weighted by atomic mass is 16.2. The summed E-state index contributed by atoms with van der Waals surface area (Å²) in [6.45, 7) is 3.74. The highest BCUT2D eigenvalue weighted by Gasteiger charge is 2.11. The van der Waals surface area contributed by atoms with Gasteiger partial charge in [0.25, 0.3) is 5.56 Å². The maximum Gasteiger partial charge on any atom is 0.342 e. The normalized spacial score (nSPS) is 10.4. The number of unbranched alkanes of at least 4 members (excludes halogenated alkanes) is 1. The van der Waals surface area contributed by atoms with Crippen LogP contribution in [0.1, 0.15) is 19.8 Å². The van der Waals surface area contributed by atoms with Crippen LogP contribution in [0.25, 0.3) is 0 Å². The number of hydrogen-bond acceptors (Lipinski definition) is 5. The Balaban J connectivity index is 2.91. The quantitative estimate of drug-likeness (QED) is 0.579. The van der Waals surface area contributed by atoms with Crippen molar-refractivity contribution in [2.45, 2.75) is 19.8 Å². The predicted octanol–water partition coefficient (Wildman–Crippen LogP) is -0.977. The van der Waals surface area contributed by atoms with Gasteiger partial charge in [-0.15, -0.1) is 5.10 Å². The first-order chi connectivity index (χ1) is 7.69. The molecule has 1 aromatic rings. The van der Waals surface area contributed by atoms with Gasteiger partial charge in [0, 0.05) is 19.6 Å². The molecule has 0 aromatic carbocycles. The summed E-state index contributed by atoms with van der Waals surface area (Å²) in [5.41, 5.74) is 4.39. The van der Waals surface area contributed by atoms with Crippen molar-refractivity contribution in [3.05, 3.63) is 20.8 Å². The molecule has 1 aromatic heterocycles. The van der Waals surface area contributed by atoms with Crippen molar-refractivity contribution in [2.24, 2.45) is 5.73 Å². The average Bonchev–Trinajstić information content (AvgIpc) is 2.25. The number of nitrogens with two attached hydrogens (primary N) is 1. The summed E-state index contributed by atoms with van der Waals surface area (Å²) in [7, 11) is 0. The minimum Gasteiger partial charge on any atom is -0.349 e. The van der Waals surface area contributed by atoms with Crippen LogP contribution in [0.4, 0.5) is 5.82 Å². The van der Waals surface area contributed by atoms with Gasteiger partial charge in [0.05, 0.1) is 0 Å². The molecule has 0 aliphatic rings. The first kappa shape index (κ1) is 12.4. The minimum absolute atomic E-state index is 0.221. The van der Waals surface area contributed by atoms with Crippen molar-refractivity contribution < 1.29 is 0 Å². The molecular formula is C9H17N5O2. The van der Waals surface area contributed by atoms with Crippen LogP contribution in [0.3, 0.4) is 0 Å². The molecule has 0 saturated carbocycles. The van der Waals surface area contributed by atoms with Crippen LogP contribution >= 0.6 is 0 Å². The Kier molecular flexibility index (Phi) is 4.71. The monoisotopic (exact) mass is 227 g/mol. The van der Waals surface area contributed by atoms with E-state index in [1.54, 1.807) is 4.90 Å². The van der Waals surface area contributed by atoms with Gasteiger partial charge in [-0.25, -0.2) is 9.89 Å². The first-order valence-electron chi connectivity index (χ1n) is 5.33. The van der Waals surface area contributed by atoms with E-state index in [1.165, 1.54) is 0 Å². The molecule has 1 rings (SSSR count). The number of rotatable bonds is 6. The highest BCUT2D eigenvalue weighted by molar-refractivity contribution is 5.33. The van der Waals surface area contributed by atoms with Crippen LogP contribution in [0.2, 0.25) is 0 Å². The zero-order chi connectivity index (χ0) is 12.0. The fourth-order valence-electron chi connectivity index (χ4n) is 1.38. The smallest absolute Gasteiger partial charge is 0.342 e. The number of hydrogen-bond donors (Lipinski definition) is 3. The van der Waals surface area contributed by atoms with Gasteiger partial charge in [0.2, 0.25) is 5.82 Å². The second kappa shape index (κ2) is 6.06. The Hall–Kier alpha value is -1.63. The van der Waals surface area contributed by atoms with Gasteiger partial charge in [-0.3, -0.25) is 9.78 Å². The molecule has 0 amide bonds. The van der Waals surface area contributed by atoms with Crippen LogP contribution in [0.5, 0.6) is 0 Å². The van der Waals surface area contributed by atoms with Gasteiger partial charge in [-0.05, 0) is 6.42 Å². The molecule has 0 saturated heterocycles. The molecule has 90 valence electrons. The number of H-pyrrole nitrogens is 2. The van der Waals surface area contributed by atoms with E-state index in [-0.39, 0.29) is 5.82 Å². The van der Waals surface area contributed by atoms with Gasteiger partial charge < -0.3 is 10.6 Å². The van der Waals surface area contributed by atoms with Crippen LogP contribution in [-0.2, 0) is 0 Å². The first-order valence-corrected chi connectivity index (χ1v) is 5.33. The van der Waals surface area contributed by atoms with E-state index in [0.29, 0.717) is 19.6 Å². The van der Waals surface area contributed by atoms with Crippen molar-refractivity contribution in [1.29, 1.82) is 0 Å². The van der Waals surface area contributed by atoms with E-state index in [1.807, 2.05) is 0 Å². The topological polar surface area (TPSA) is 108 Å². The zero-order valence-electron chi connectivity index (χ0n) is 9.32. The number of aromatic amines is 2. The second-order valence-corrected chi connectivity index (χ2v) is 3.46. The molecule has 0 aliphatic heterocycles. The standard InChI is InChI=1S/C9H17N5O2/c1-2-3-5-14(6-4-10)7-8(15)11-9(16)13-12-7/h2-6,10H2,1H3,(H2,11,13,15,16). The van der Waals surface area contributed by atoms with E-state index in [4.69, 9.17) is 5.73 Å². The molecule has 4 N–H and O–H groups in total. The lowest BCUT2D eigenvalue weighted by atomic mass is 10.3. The molecule has 0 unspecified atom stereocenters. The van der Waals surface area contributed by atoms with E-state index < -0.39 is 11.2 Å². The van der Waals surface area contributed by atoms with Crippen LogP contribution < -0.4 is 21.9 Å². The van der Waals surface area contributed by atoms with Gasteiger partial charge in [-0.2, -0.15) is 0 Å². The molecule has 16 heavy (non-hydrogen) atoms. The molecule has 0 bridgehead atoms. The SMILES string of the molecule is CCCCN(CCN)c1n[nH]c(=O)[nH]c1=O. The van der Waals surface area contributed by atoms with E-state index >= 15 is 0 Å². The molecule has 7 heteroatoms. The summed E-state index contributed by atoms with van der Waals surface area (Å²) < 4.78 is 0. The molecule has 1 heterocycles. The zero-order valence-corrected chi connectivity index (χ0v) is 9.32. The molecule has 0 radical (unpaired) electrons. The lowest BCUT2D eigenvalue weighted by Gasteiger charge is -2.20. The van der Waals surface area contributed by atoms with Crippen molar-refractivity contribution >= 4 is 5.82 Å². The van der Waals surface area contributed by atoms with E-state index in [2.05, 4.69) is 22.1 Å². The minimum atomic E-state index is -0.600. The lowest BCUT2D eigenvalue weighted by Crippen LogP contribution is -2.38. The second-order valence-electron chi connectivity index (χ2n) is 3.46. The summed E-state index contributed by atoms with van der Waals surface area (Å²) in [5, 5.41) is 5.95. The van der Waals surface area contributed by atoms with Gasteiger partial charge >= 0.3 is 5.69 Å². The van der Waals surface area contributed by atoms with Gasteiger partial charge in [0.1, 0.15) is 0 Å². The van der Waals surface area contributed by atoms with Crippen LogP contribution in [0.15, 0.2) is 9.59 Å². The van der Waals surface area contributed by atoms with Gasteiger partial charge in [0.15, 0.2) is 0 Å². The fraction of sp³-hybridized carbons (Fsp3) is 0.667. The number of anilines is 1. The van der Waals surface area contributed by atoms with Crippen molar-refractivity contribution in [3.8, 4) is 0 Å². The summed E-state index contributed by atoms with van der Waals surface area (Å²) in [6.07, 6.45) is 1.96. The Morgan fingerprint density at radius 2 is 2.12 bits per heavy atom. The molecule has 0 spiro atoms. The number of nitrogens with zero attached hydrogens (tertiary/aromatic N) is 2. The predicted molar refractivity (Wildman–Crippen MR) is 61.7 cm³/mol. The lowest BCUT2D eigenvalue weighted by molar-refractivity contribution is 0.691. The van der Waals surface area contributed by atoms with Gasteiger partial charge in [-0.1, -0.05) is 13.3 Å². The van der Waals surface area contributed by atoms with Crippen molar-refractivity contribution in [3.63, 3.8) is 0 Å². The maximum absolute atomic E-state index is 11.5. The Bertz CT molecular complexity index is 424. The summed E-state index contributed by atoms with van der Waals surface area (Å²) in [5.74, 6) is 0.221. The van der Waals surface area contributed by atoms with Crippen LogP contribution in [0, 0.1) is 0 Å². The third-order valence-electron chi connectivity index (χ3n) is 2.17. The largest absolute Gasteiger partial charge is 0.349 e. The molecular weight excluding hydrogens is 210 g/mol. The molecule has 7 nitrogen and oxygen atoms in total. The molecule has 0 fully saturated rings. The summed E-state index contributed by atoms with van der Waals surface area (Å²) in [4.78, 5) is 26.2. The van der Waals surface area contributed by atoms with E-state index in [0.717, 1.165) is 12.8 Å². The van der Waals surface area contributed by atoms with Crippen molar-refractivity contribution in [1.82, 2.24) is 15.2 Å². The highest BCUT2D eigenvalue weighted by Crippen LogP contribution is 2.02.